The Hall–Kier alpha value is -0.330. The van der Waals surface area contributed by atoms with E-state index in [1.807, 2.05) is 0 Å². The van der Waals surface area contributed by atoms with Crippen LogP contribution in [-0.2, 0) is 0 Å². The summed E-state index contributed by atoms with van der Waals surface area (Å²) in [6.45, 7) is 7.20. The van der Waals surface area contributed by atoms with Crippen LogP contribution < -0.4 is 0 Å². The minimum atomic E-state index is 1.27. The van der Waals surface area contributed by atoms with Gasteiger partial charge in [-0.2, -0.15) is 0 Å². The molecule has 1 nitrogen and oxygen atoms in total. The van der Waals surface area contributed by atoms with Gasteiger partial charge >= 0.3 is 0 Å². The predicted molar refractivity (Wildman–Crippen MR) is 54.1 cm³/mol. The van der Waals surface area contributed by atoms with Crippen LogP contribution in [0.25, 0.3) is 0 Å². The molecule has 0 atom stereocenters. The molecule has 1 aliphatic rings. The van der Waals surface area contributed by atoms with Crippen molar-refractivity contribution in [3.05, 3.63) is 0 Å². The standard InChI is InChI=1S/C11H22N/c1-3-5-6-9-12-10-7-8-11(12)4-2/h3-10H2,1-2H3/q+1. The van der Waals surface area contributed by atoms with Crippen molar-refractivity contribution in [1.29, 1.82) is 0 Å². The number of nitrogens with zero attached hydrogens (tertiary/aromatic N) is 1. The molecule has 12 heavy (non-hydrogen) atoms. The summed E-state index contributed by atoms with van der Waals surface area (Å²) < 4.78 is 2.61. The van der Waals surface area contributed by atoms with Crippen LogP contribution in [-0.4, -0.2) is 23.4 Å². The first-order chi connectivity index (χ1) is 5.88. The smallest absolute Gasteiger partial charge is 0.152 e. The van der Waals surface area contributed by atoms with E-state index < -0.39 is 0 Å². The molecule has 1 rings (SSSR count). The van der Waals surface area contributed by atoms with Crippen molar-refractivity contribution in [2.24, 2.45) is 0 Å². The van der Waals surface area contributed by atoms with Crippen molar-refractivity contribution in [3.63, 3.8) is 0 Å². The van der Waals surface area contributed by atoms with Crippen molar-refractivity contribution >= 4 is 5.71 Å². The third-order valence-corrected chi connectivity index (χ3v) is 2.78. The molecule has 70 valence electrons. The van der Waals surface area contributed by atoms with Crippen LogP contribution >= 0.6 is 0 Å². The van der Waals surface area contributed by atoms with Crippen LogP contribution in [0.4, 0.5) is 0 Å². The molecule has 1 heteroatoms. The summed E-state index contributed by atoms with van der Waals surface area (Å²) in [5.41, 5.74) is 1.70. The Morgan fingerprint density at radius 2 is 2.08 bits per heavy atom. The largest absolute Gasteiger partial charge is 0.237 e. The van der Waals surface area contributed by atoms with E-state index in [0.29, 0.717) is 0 Å². The van der Waals surface area contributed by atoms with Crippen molar-refractivity contribution < 1.29 is 4.58 Å². The lowest BCUT2D eigenvalue weighted by Crippen LogP contribution is -2.16. The van der Waals surface area contributed by atoms with E-state index in [9.17, 15) is 0 Å². The van der Waals surface area contributed by atoms with Gasteiger partial charge < -0.3 is 0 Å². The summed E-state index contributed by atoms with van der Waals surface area (Å²) >= 11 is 0. The Kier molecular flexibility index (Phi) is 4.34. The normalized spacial score (nSPS) is 17.5. The van der Waals surface area contributed by atoms with Gasteiger partial charge in [-0.15, -0.1) is 0 Å². The average Bonchev–Trinajstić information content (AvgIpc) is 2.52. The number of unbranched alkanes of at least 4 members (excludes halogenated alkanes) is 2. The van der Waals surface area contributed by atoms with Crippen LogP contribution in [0.2, 0.25) is 0 Å². The van der Waals surface area contributed by atoms with E-state index in [4.69, 9.17) is 0 Å². The van der Waals surface area contributed by atoms with E-state index >= 15 is 0 Å². The van der Waals surface area contributed by atoms with Crippen LogP contribution in [0.5, 0.6) is 0 Å². The molecule has 0 spiro atoms. The van der Waals surface area contributed by atoms with Gasteiger partial charge in [-0.25, -0.2) is 4.58 Å². The Labute approximate surface area is 76.5 Å². The molecule has 0 saturated heterocycles. The van der Waals surface area contributed by atoms with Gasteiger partial charge in [0.1, 0.15) is 13.1 Å². The molecular formula is C11H22N+. The summed E-state index contributed by atoms with van der Waals surface area (Å²) in [6.07, 6.45) is 8.16. The highest BCUT2D eigenvalue weighted by Gasteiger charge is 2.19. The van der Waals surface area contributed by atoms with Gasteiger partial charge in [0.15, 0.2) is 5.71 Å². The van der Waals surface area contributed by atoms with Gasteiger partial charge in [-0.05, 0) is 6.42 Å². The van der Waals surface area contributed by atoms with E-state index in [1.165, 1.54) is 51.6 Å². The average molecular weight is 168 g/mol. The maximum Gasteiger partial charge on any atom is 0.152 e. The lowest BCUT2D eigenvalue weighted by atomic mass is 10.2. The molecule has 1 aliphatic heterocycles. The van der Waals surface area contributed by atoms with Gasteiger partial charge in [-0.1, -0.05) is 20.3 Å². The molecule has 1 heterocycles. The van der Waals surface area contributed by atoms with Crippen LogP contribution in [0.1, 0.15) is 52.4 Å². The zero-order valence-electron chi connectivity index (χ0n) is 8.60. The summed E-state index contributed by atoms with van der Waals surface area (Å²) in [5, 5.41) is 0. The third kappa shape index (κ3) is 2.62. The summed E-state index contributed by atoms with van der Waals surface area (Å²) in [4.78, 5) is 0. The van der Waals surface area contributed by atoms with E-state index in [1.54, 1.807) is 5.71 Å². The fraction of sp³-hybridized carbons (Fsp3) is 0.909. The highest BCUT2D eigenvalue weighted by molar-refractivity contribution is 5.80. The number of hydrogen-bond acceptors (Lipinski definition) is 0. The highest BCUT2D eigenvalue weighted by Crippen LogP contribution is 2.08. The van der Waals surface area contributed by atoms with Gasteiger partial charge in [0.2, 0.25) is 0 Å². The fourth-order valence-corrected chi connectivity index (χ4v) is 2.01. The molecule has 0 aromatic carbocycles. The molecule has 0 aliphatic carbocycles. The molecule has 0 N–H and O–H groups in total. The van der Waals surface area contributed by atoms with Crippen molar-refractivity contribution in [2.45, 2.75) is 52.4 Å². The van der Waals surface area contributed by atoms with Crippen LogP contribution in [0.15, 0.2) is 0 Å². The Morgan fingerprint density at radius 3 is 2.75 bits per heavy atom. The topological polar surface area (TPSA) is 3.01 Å². The van der Waals surface area contributed by atoms with Gasteiger partial charge in [0.25, 0.3) is 0 Å². The minimum absolute atomic E-state index is 1.27. The van der Waals surface area contributed by atoms with Crippen molar-refractivity contribution in [3.8, 4) is 0 Å². The quantitative estimate of drug-likeness (QED) is 0.438. The molecule has 0 fully saturated rings. The Balaban J connectivity index is 2.28. The van der Waals surface area contributed by atoms with Crippen molar-refractivity contribution in [2.75, 3.05) is 13.1 Å². The minimum Gasteiger partial charge on any atom is -0.237 e. The van der Waals surface area contributed by atoms with Gasteiger partial charge in [0.05, 0.1) is 0 Å². The first kappa shape index (κ1) is 9.76. The first-order valence-corrected chi connectivity index (χ1v) is 5.48. The van der Waals surface area contributed by atoms with Crippen molar-refractivity contribution in [1.82, 2.24) is 0 Å². The second-order valence-electron chi connectivity index (χ2n) is 3.72. The molecule has 0 amide bonds. The number of rotatable bonds is 5. The third-order valence-electron chi connectivity index (χ3n) is 2.78. The molecule has 0 bridgehead atoms. The highest BCUT2D eigenvalue weighted by atomic mass is 15.0. The lowest BCUT2D eigenvalue weighted by molar-refractivity contribution is -0.521. The summed E-state index contributed by atoms with van der Waals surface area (Å²) in [5.74, 6) is 0. The molecule has 0 unspecified atom stereocenters. The predicted octanol–water partition coefficient (Wildman–Crippen LogP) is 2.83. The summed E-state index contributed by atoms with van der Waals surface area (Å²) in [7, 11) is 0. The molecule has 0 saturated carbocycles. The van der Waals surface area contributed by atoms with Crippen LogP contribution in [0.3, 0.4) is 0 Å². The monoisotopic (exact) mass is 168 g/mol. The number of hydrogen-bond donors (Lipinski definition) is 0. The lowest BCUT2D eigenvalue weighted by Gasteiger charge is -1.99. The second-order valence-corrected chi connectivity index (χ2v) is 3.72. The van der Waals surface area contributed by atoms with Gasteiger partial charge in [0, 0.05) is 25.7 Å². The van der Waals surface area contributed by atoms with E-state index in [2.05, 4.69) is 18.4 Å². The molecular weight excluding hydrogens is 146 g/mol. The van der Waals surface area contributed by atoms with E-state index in [0.717, 1.165) is 0 Å². The molecule has 0 radical (unpaired) electrons. The zero-order valence-corrected chi connectivity index (χ0v) is 8.60. The SMILES string of the molecule is CCCCC[N+]1=C(CC)CCC1. The first-order valence-electron chi connectivity index (χ1n) is 5.48. The molecule has 0 aromatic heterocycles. The summed E-state index contributed by atoms with van der Waals surface area (Å²) in [6, 6.07) is 0. The van der Waals surface area contributed by atoms with E-state index in [-0.39, 0.29) is 0 Å². The second kappa shape index (κ2) is 5.34. The zero-order chi connectivity index (χ0) is 8.81. The molecule has 0 aromatic rings. The Morgan fingerprint density at radius 1 is 1.25 bits per heavy atom. The maximum absolute atomic E-state index is 2.61. The Bertz CT molecular complexity index is 158. The fourth-order valence-electron chi connectivity index (χ4n) is 2.01. The van der Waals surface area contributed by atoms with Crippen LogP contribution in [0, 0.1) is 0 Å². The maximum atomic E-state index is 2.61. The van der Waals surface area contributed by atoms with Gasteiger partial charge in [-0.3, -0.25) is 0 Å².